The molecule has 1 rings (SSSR count). The summed E-state index contributed by atoms with van der Waals surface area (Å²) in [6.45, 7) is 1.61. The molecule has 0 amide bonds. The third kappa shape index (κ3) is 2.44. The number of alkyl halides is 1. The Morgan fingerprint density at radius 2 is 2.21 bits per heavy atom. The number of halogens is 2. The van der Waals surface area contributed by atoms with Gasteiger partial charge in [-0.3, -0.25) is 0 Å². The number of hydrogen-bond acceptors (Lipinski definition) is 2. The van der Waals surface area contributed by atoms with E-state index in [0.29, 0.717) is 10.6 Å². The van der Waals surface area contributed by atoms with Crippen molar-refractivity contribution < 1.29 is 9.50 Å². The van der Waals surface area contributed by atoms with Crippen molar-refractivity contribution >= 4 is 11.6 Å². The SMILES string of the molecule is Cc1cc(C(O)C(F)CN)ccc1Cl. The smallest absolute Gasteiger partial charge is 0.142 e. The molecule has 3 N–H and O–H groups in total. The molecule has 0 aliphatic rings. The van der Waals surface area contributed by atoms with Gasteiger partial charge in [0.15, 0.2) is 0 Å². The van der Waals surface area contributed by atoms with Gasteiger partial charge in [-0.15, -0.1) is 0 Å². The van der Waals surface area contributed by atoms with E-state index in [4.69, 9.17) is 17.3 Å². The van der Waals surface area contributed by atoms with Crippen molar-refractivity contribution in [1.29, 1.82) is 0 Å². The molecule has 0 saturated heterocycles. The molecule has 14 heavy (non-hydrogen) atoms. The molecule has 0 fully saturated rings. The van der Waals surface area contributed by atoms with E-state index in [1.165, 1.54) is 0 Å². The quantitative estimate of drug-likeness (QED) is 0.813. The maximum absolute atomic E-state index is 13.0. The molecule has 78 valence electrons. The van der Waals surface area contributed by atoms with E-state index in [0.717, 1.165) is 5.56 Å². The summed E-state index contributed by atoms with van der Waals surface area (Å²) in [6.07, 6.45) is -2.61. The fraction of sp³-hybridized carbons (Fsp3) is 0.400. The lowest BCUT2D eigenvalue weighted by Gasteiger charge is -2.15. The van der Waals surface area contributed by atoms with Gasteiger partial charge in [-0.2, -0.15) is 0 Å². The molecule has 0 heterocycles. The fourth-order valence-corrected chi connectivity index (χ4v) is 1.31. The van der Waals surface area contributed by atoms with Gasteiger partial charge < -0.3 is 10.8 Å². The Morgan fingerprint density at radius 1 is 1.57 bits per heavy atom. The number of nitrogens with two attached hydrogens (primary N) is 1. The highest BCUT2D eigenvalue weighted by molar-refractivity contribution is 6.31. The zero-order chi connectivity index (χ0) is 10.7. The summed E-state index contributed by atoms with van der Waals surface area (Å²) < 4.78 is 13.0. The Hall–Kier alpha value is -0.640. The second kappa shape index (κ2) is 4.73. The molecule has 2 nitrogen and oxygen atoms in total. The first-order chi connectivity index (χ1) is 6.56. The highest BCUT2D eigenvalue weighted by Crippen LogP contribution is 2.23. The lowest BCUT2D eigenvalue weighted by atomic mass is 10.0. The fourth-order valence-electron chi connectivity index (χ4n) is 1.19. The standard InChI is InChI=1S/C10H13ClFNO/c1-6-4-7(2-3-8(6)11)10(14)9(12)5-13/h2-4,9-10,14H,5,13H2,1H3. The van der Waals surface area contributed by atoms with E-state index in [9.17, 15) is 9.50 Å². The average Bonchev–Trinajstić information content (AvgIpc) is 2.20. The predicted octanol–water partition coefficient (Wildman–Crippen LogP) is 1.98. The summed E-state index contributed by atoms with van der Waals surface area (Å²) in [4.78, 5) is 0. The van der Waals surface area contributed by atoms with Crippen LogP contribution in [0.2, 0.25) is 5.02 Å². The van der Waals surface area contributed by atoms with Crippen LogP contribution < -0.4 is 5.73 Å². The zero-order valence-electron chi connectivity index (χ0n) is 7.87. The Kier molecular flexibility index (Phi) is 3.86. The second-order valence-electron chi connectivity index (χ2n) is 3.21. The number of aliphatic hydroxyl groups excluding tert-OH is 1. The molecule has 2 unspecified atom stereocenters. The Morgan fingerprint density at radius 3 is 2.71 bits per heavy atom. The van der Waals surface area contributed by atoms with Crippen molar-refractivity contribution in [2.75, 3.05) is 6.54 Å². The van der Waals surface area contributed by atoms with Crippen LogP contribution in [0.25, 0.3) is 0 Å². The number of rotatable bonds is 3. The van der Waals surface area contributed by atoms with Crippen LogP contribution in [0.3, 0.4) is 0 Å². The minimum atomic E-state index is -1.43. The number of hydrogen-bond donors (Lipinski definition) is 2. The van der Waals surface area contributed by atoms with Gasteiger partial charge in [-0.05, 0) is 24.1 Å². The van der Waals surface area contributed by atoms with Crippen molar-refractivity contribution in [3.05, 3.63) is 34.3 Å². The van der Waals surface area contributed by atoms with E-state index in [2.05, 4.69) is 0 Å². The highest BCUT2D eigenvalue weighted by atomic mass is 35.5. The van der Waals surface area contributed by atoms with Gasteiger partial charge in [0.05, 0.1) is 0 Å². The van der Waals surface area contributed by atoms with E-state index >= 15 is 0 Å². The van der Waals surface area contributed by atoms with Crippen molar-refractivity contribution in [3.8, 4) is 0 Å². The number of aliphatic hydroxyl groups is 1. The third-order valence-corrected chi connectivity index (χ3v) is 2.52. The van der Waals surface area contributed by atoms with Gasteiger partial charge in [-0.1, -0.05) is 23.7 Å². The lowest BCUT2D eigenvalue weighted by Crippen LogP contribution is -2.23. The van der Waals surface area contributed by atoms with E-state index in [1.807, 2.05) is 0 Å². The van der Waals surface area contributed by atoms with Gasteiger partial charge in [0.2, 0.25) is 0 Å². The normalized spacial score (nSPS) is 15.2. The van der Waals surface area contributed by atoms with Gasteiger partial charge in [0.25, 0.3) is 0 Å². The molecular formula is C10H13ClFNO. The molecule has 0 radical (unpaired) electrons. The maximum atomic E-state index is 13.0. The molecule has 0 saturated carbocycles. The van der Waals surface area contributed by atoms with Crippen LogP contribution in [0.1, 0.15) is 17.2 Å². The summed E-state index contributed by atoms with van der Waals surface area (Å²) in [6, 6.07) is 4.90. The minimum Gasteiger partial charge on any atom is -0.385 e. The van der Waals surface area contributed by atoms with Crippen LogP contribution in [0.5, 0.6) is 0 Å². The van der Waals surface area contributed by atoms with E-state index in [-0.39, 0.29) is 6.54 Å². The molecule has 0 bridgehead atoms. The first kappa shape index (κ1) is 11.4. The minimum absolute atomic E-state index is 0.192. The summed E-state index contributed by atoms with van der Waals surface area (Å²) >= 11 is 5.80. The number of aryl methyl sites for hydroxylation is 1. The van der Waals surface area contributed by atoms with Gasteiger partial charge in [-0.25, -0.2) is 4.39 Å². The summed E-state index contributed by atoms with van der Waals surface area (Å²) in [7, 11) is 0. The molecular weight excluding hydrogens is 205 g/mol. The summed E-state index contributed by atoms with van der Waals surface area (Å²) in [5.74, 6) is 0. The molecule has 1 aromatic carbocycles. The van der Waals surface area contributed by atoms with Crippen molar-refractivity contribution in [3.63, 3.8) is 0 Å². The molecule has 4 heteroatoms. The highest BCUT2D eigenvalue weighted by Gasteiger charge is 2.18. The Bertz CT molecular complexity index is 319. The molecule has 2 atom stereocenters. The molecule has 0 aromatic heterocycles. The van der Waals surface area contributed by atoms with Crippen LogP contribution in [0.4, 0.5) is 4.39 Å². The van der Waals surface area contributed by atoms with Crippen LogP contribution in [-0.2, 0) is 0 Å². The van der Waals surface area contributed by atoms with Crippen LogP contribution >= 0.6 is 11.6 Å². The zero-order valence-corrected chi connectivity index (χ0v) is 8.63. The molecule has 0 aliphatic heterocycles. The van der Waals surface area contributed by atoms with E-state index < -0.39 is 12.3 Å². The second-order valence-corrected chi connectivity index (χ2v) is 3.61. The Labute approximate surface area is 87.5 Å². The predicted molar refractivity (Wildman–Crippen MR) is 55.1 cm³/mol. The third-order valence-electron chi connectivity index (χ3n) is 2.09. The summed E-state index contributed by atoms with van der Waals surface area (Å²) in [5, 5.41) is 10.1. The first-order valence-corrected chi connectivity index (χ1v) is 4.72. The molecule has 0 spiro atoms. The lowest BCUT2D eigenvalue weighted by molar-refractivity contribution is 0.0824. The van der Waals surface area contributed by atoms with Crippen molar-refractivity contribution in [2.24, 2.45) is 5.73 Å². The van der Waals surface area contributed by atoms with Gasteiger partial charge in [0.1, 0.15) is 12.3 Å². The van der Waals surface area contributed by atoms with Crippen LogP contribution in [0, 0.1) is 6.92 Å². The number of benzene rings is 1. The molecule has 0 aliphatic carbocycles. The Balaban J connectivity index is 2.91. The summed E-state index contributed by atoms with van der Waals surface area (Å²) in [5.41, 5.74) is 6.43. The topological polar surface area (TPSA) is 46.2 Å². The van der Waals surface area contributed by atoms with Gasteiger partial charge in [0, 0.05) is 11.6 Å². The first-order valence-electron chi connectivity index (χ1n) is 4.34. The molecule has 1 aromatic rings. The largest absolute Gasteiger partial charge is 0.385 e. The van der Waals surface area contributed by atoms with Crippen LogP contribution in [0.15, 0.2) is 18.2 Å². The van der Waals surface area contributed by atoms with Crippen molar-refractivity contribution in [2.45, 2.75) is 19.2 Å². The monoisotopic (exact) mass is 217 g/mol. The average molecular weight is 218 g/mol. The van der Waals surface area contributed by atoms with E-state index in [1.54, 1.807) is 25.1 Å². The van der Waals surface area contributed by atoms with Gasteiger partial charge >= 0.3 is 0 Å². The van der Waals surface area contributed by atoms with Crippen LogP contribution in [-0.4, -0.2) is 17.8 Å². The van der Waals surface area contributed by atoms with Crippen molar-refractivity contribution in [1.82, 2.24) is 0 Å². The maximum Gasteiger partial charge on any atom is 0.142 e.